The van der Waals surface area contributed by atoms with Gasteiger partial charge in [0, 0.05) is 6.54 Å². The number of halogens is 1. The van der Waals surface area contributed by atoms with Gasteiger partial charge in [0.05, 0.1) is 23.0 Å². The van der Waals surface area contributed by atoms with Gasteiger partial charge in [-0.05, 0) is 29.8 Å². The number of carbonyl (C=O) groups excluding carboxylic acids is 2. The smallest absolute Gasteiger partial charge is 0.251 e. The van der Waals surface area contributed by atoms with E-state index >= 15 is 0 Å². The van der Waals surface area contributed by atoms with Crippen molar-refractivity contribution in [1.82, 2.24) is 5.32 Å². The fourth-order valence-electron chi connectivity index (χ4n) is 2.72. The van der Waals surface area contributed by atoms with Gasteiger partial charge in [-0.3, -0.25) is 9.59 Å². The van der Waals surface area contributed by atoms with E-state index in [0.29, 0.717) is 5.56 Å². The quantitative estimate of drug-likeness (QED) is 0.752. The fraction of sp³-hybridized carbons (Fsp3) is 0.176. The Bertz CT molecular complexity index is 960. The van der Waals surface area contributed by atoms with Gasteiger partial charge in [0.2, 0.25) is 15.9 Å². The van der Waals surface area contributed by atoms with Crippen molar-refractivity contribution in [3.63, 3.8) is 0 Å². The molecule has 3 rings (SSSR count). The van der Waals surface area contributed by atoms with Gasteiger partial charge in [0.25, 0.3) is 5.91 Å². The second kappa shape index (κ2) is 6.94. The molecule has 136 valence electrons. The highest BCUT2D eigenvalue weighted by molar-refractivity contribution is 7.89. The minimum atomic E-state index is -3.77. The summed E-state index contributed by atoms with van der Waals surface area (Å²) < 4.78 is 36.3. The van der Waals surface area contributed by atoms with E-state index in [-0.39, 0.29) is 23.5 Å². The Kier molecular flexibility index (Phi) is 4.86. The highest BCUT2D eigenvalue weighted by atomic mass is 32.2. The molecule has 1 aliphatic rings. The maximum atomic E-state index is 13.9. The molecule has 1 fully saturated rings. The molecule has 9 heteroatoms. The van der Waals surface area contributed by atoms with Crippen LogP contribution in [0.25, 0.3) is 0 Å². The standard InChI is InChI=1S/C17H16FN3O4S/c18-13-3-1-2-4-15(13)21-16(22)9-14(17(21)23)20-10-11-5-7-12(8-6-11)26(19,24)25/h1-8,14,20H,9-10H2,(H2,19,24,25)/t14-/m1/s1. The Balaban J connectivity index is 1.69. The molecule has 0 bridgehead atoms. The van der Waals surface area contributed by atoms with E-state index in [1.165, 1.54) is 30.3 Å². The first-order valence-corrected chi connectivity index (χ1v) is 9.28. The highest BCUT2D eigenvalue weighted by Gasteiger charge is 2.40. The molecule has 1 atom stereocenters. The number of amides is 2. The Morgan fingerprint density at radius 3 is 2.38 bits per heavy atom. The molecule has 0 spiro atoms. The summed E-state index contributed by atoms with van der Waals surface area (Å²) in [6, 6.07) is 10.6. The van der Waals surface area contributed by atoms with Gasteiger partial charge in [-0.2, -0.15) is 0 Å². The Hall–Kier alpha value is -2.62. The average Bonchev–Trinajstić information content (AvgIpc) is 2.87. The number of anilines is 1. The Morgan fingerprint density at radius 1 is 1.12 bits per heavy atom. The van der Waals surface area contributed by atoms with Crippen molar-refractivity contribution in [3.05, 3.63) is 59.9 Å². The number of rotatable bonds is 5. The van der Waals surface area contributed by atoms with Crippen LogP contribution >= 0.6 is 0 Å². The summed E-state index contributed by atoms with van der Waals surface area (Å²) in [7, 11) is -3.77. The lowest BCUT2D eigenvalue weighted by Gasteiger charge is -2.16. The number of sulfonamides is 1. The van der Waals surface area contributed by atoms with E-state index in [1.54, 1.807) is 18.2 Å². The molecule has 7 nitrogen and oxygen atoms in total. The first-order valence-electron chi connectivity index (χ1n) is 7.74. The molecule has 26 heavy (non-hydrogen) atoms. The fourth-order valence-corrected chi connectivity index (χ4v) is 3.23. The number of primary sulfonamides is 1. The lowest BCUT2D eigenvalue weighted by Crippen LogP contribution is -2.38. The average molecular weight is 377 g/mol. The van der Waals surface area contributed by atoms with Crippen LogP contribution in [0.3, 0.4) is 0 Å². The zero-order valence-electron chi connectivity index (χ0n) is 13.6. The molecule has 0 unspecified atom stereocenters. The summed E-state index contributed by atoms with van der Waals surface area (Å²) in [5, 5.41) is 7.98. The molecule has 0 aromatic heterocycles. The van der Waals surface area contributed by atoms with Crippen LogP contribution in [0, 0.1) is 5.82 Å². The van der Waals surface area contributed by atoms with Gasteiger partial charge in [0.15, 0.2) is 0 Å². The van der Waals surface area contributed by atoms with E-state index in [4.69, 9.17) is 5.14 Å². The van der Waals surface area contributed by atoms with Crippen molar-refractivity contribution in [1.29, 1.82) is 0 Å². The van der Waals surface area contributed by atoms with E-state index in [1.807, 2.05) is 0 Å². The summed E-state index contributed by atoms with van der Waals surface area (Å²) in [5.74, 6) is -1.66. The molecule has 2 aromatic rings. The Labute approximate surface area is 149 Å². The van der Waals surface area contributed by atoms with Crippen molar-refractivity contribution < 1.29 is 22.4 Å². The van der Waals surface area contributed by atoms with Crippen molar-refractivity contribution in [3.8, 4) is 0 Å². The second-order valence-corrected chi connectivity index (χ2v) is 7.41. The van der Waals surface area contributed by atoms with Gasteiger partial charge < -0.3 is 5.32 Å². The minimum Gasteiger partial charge on any atom is -0.301 e. The first-order chi connectivity index (χ1) is 12.3. The lowest BCUT2D eigenvalue weighted by atomic mass is 10.2. The molecular formula is C17H16FN3O4S. The molecule has 2 aromatic carbocycles. The topological polar surface area (TPSA) is 110 Å². The maximum absolute atomic E-state index is 13.9. The normalized spacial score (nSPS) is 17.8. The van der Waals surface area contributed by atoms with E-state index in [2.05, 4.69) is 5.32 Å². The third-order valence-electron chi connectivity index (χ3n) is 4.04. The molecule has 0 aliphatic carbocycles. The van der Waals surface area contributed by atoms with Crippen LogP contribution in [0.2, 0.25) is 0 Å². The second-order valence-electron chi connectivity index (χ2n) is 5.85. The number of nitrogens with two attached hydrogens (primary N) is 1. The van der Waals surface area contributed by atoms with Gasteiger partial charge in [-0.15, -0.1) is 0 Å². The van der Waals surface area contributed by atoms with Crippen LogP contribution in [0.15, 0.2) is 53.4 Å². The number of nitrogens with one attached hydrogen (secondary N) is 1. The number of hydrogen-bond acceptors (Lipinski definition) is 5. The number of nitrogens with zero attached hydrogens (tertiary/aromatic N) is 1. The third-order valence-corrected chi connectivity index (χ3v) is 4.97. The number of benzene rings is 2. The largest absolute Gasteiger partial charge is 0.301 e. The monoisotopic (exact) mass is 377 g/mol. The number of imide groups is 1. The summed E-state index contributed by atoms with van der Waals surface area (Å²) in [4.78, 5) is 25.4. The van der Waals surface area contributed by atoms with Crippen LogP contribution < -0.4 is 15.4 Å². The molecule has 1 heterocycles. The minimum absolute atomic E-state index is 0.0147. The molecule has 2 amide bonds. The number of carbonyl (C=O) groups is 2. The Morgan fingerprint density at radius 2 is 1.77 bits per heavy atom. The molecule has 0 saturated carbocycles. The summed E-state index contributed by atoms with van der Waals surface area (Å²) >= 11 is 0. The molecule has 0 radical (unpaired) electrons. The summed E-state index contributed by atoms with van der Waals surface area (Å²) in [6.07, 6.45) is -0.0809. The van der Waals surface area contributed by atoms with Gasteiger partial charge in [-0.1, -0.05) is 24.3 Å². The van der Waals surface area contributed by atoms with Gasteiger partial charge >= 0.3 is 0 Å². The van der Waals surface area contributed by atoms with Crippen molar-refractivity contribution in [2.75, 3.05) is 4.90 Å². The third kappa shape index (κ3) is 3.64. The summed E-state index contributed by atoms with van der Waals surface area (Å²) in [6.45, 7) is 0.236. The molecule has 3 N–H and O–H groups in total. The predicted molar refractivity (Wildman–Crippen MR) is 92.0 cm³/mol. The highest BCUT2D eigenvalue weighted by Crippen LogP contribution is 2.25. The first kappa shape index (κ1) is 18.2. The van der Waals surface area contributed by atoms with Crippen LogP contribution in [0.1, 0.15) is 12.0 Å². The maximum Gasteiger partial charge on any atom is 0.251 e. The number of para-hydroxylation sites is 1. The van der Waals surface area contributed by atoms with E-state index in [0.717, 1.165) is 4.90 Å². The van der Waals surface area contributed by atoms with Crippen LogP contribution in [-0.2, 0) is 26.2 Å². The lowest BCUT2D eigenvalue weighted by molar-refractivity contribution is -0.121. The van der Waals surface area contributed by atoms with Crippen LogP contribution in [0.4, 0.5) is 10.1 Å². The number of hydrogen-bond donors (Lipinski definition) is 2. The van der Waals surface area contributed by atoms with Crippen LogP contribution in [-0.4, -0.2) is 26.3 Å². The van der Waals surface area contributed by atoms with Gasteiger partial charge in [0.1, 0.15) is 5.82 Å². The van der Waals surface area contributed by atoms with E-state index < -0.39 is 33.7 Å². The zero-order valence-corrected chi connectivity index (χ0v) is 14.4. The van der Waals surface area contributed by atoms with Crippen LogP contribution in [0.5, 0.6) is 0 Å². The van der Waals surface area contributed by atoms with Crippen molar-refractivity contribution in [2.24, 2.45) is 5.14 Å². The zero-order chi connectivity index (χ0) is 18.9. The molecule has 1 saturated heterocycles. The molecule has 1 aliphatic heterocycles. The summed E-state index contributed by atoms with van der Waals surface area (Å²) in [5.41, 5.74) is 0.645. The SMILES string of the molecule is NS(=O)(=O)c1ccc(CN[C@@H]2CC(=O)N(c3ccccc3F)C2=O)cc1. The van der Waals surface area contributed by atoms with Crippen molar-refractivity contribution >= 4 is 27.5 Å². The predicted octanol–water partition coefficient (Wildman–Crippen LogP) is 0.895. The van der Waals surface area contributed by atoms with Crippen molar-refractivity contribution in [2.45, 2.75) is 23.9 Å². The van der Waals surface area contributed by atoms with E-state index in [9.17, 15) is 22.4 Å². The van der Waals surface area contributed by atoms with Gasteiger partial charge in [-0.25, -0.2) is 22.8 Å². The molecular weight excluding hydrogens is 361 g/mol.